The molecule has 0 fully saturated rings. The Bertz CT molecular complexity index is 588. The SMILES string of the molecule is CN1C(=O)[C@@](C)(CC(C)(C)C#N)c2cc(Cl)ccc21. The van der Waals surface area contributed by atoms with E-state index < -0.39 is 10.8 Å². The Morgan fingerprint density at radius 3 is 2.68 bits per heavy atom. The molecule has 0 saturated carbocycles. The van der Waals surface area contributed by atoms with E-state index in [1.807, 2.05) is 32.9 Å². The van der Waals surface area contributed by atoms with Gasteiger partial charge < -0.3 is 4.90 Å². The van der Waals surface area contributed by atoms with E-state index in [0.29, 0.717) is 11.4 Å². The highest BCUT2D eigenvalue weighted by molar-refractivity contribution is 6.31. The number of benzene rings is 1. The summed E-state index contributed by atoms with van der Waals surface area (Å²) >= 11 is 6.06. The second-order valence-electron chi connectivity index (χ2n) is 6.03. The Morgan fingerprint density at radius 1 is 1.47 bits per heavy atom. The van der Waals surface area contributed by atoms with E-state index in [4.69, 9.17) is 11.6 Å². The number of likely N-dealkylation sites (N-methyl/N-ethyl adjacent to an activating group) is 1. The average molecular weight is 277 g/mol. The van der Waals surface area contributed by atoms with Crippen molar-refractivity contribution in [3.8, 4) is 6.07 Å². The van der Waals surface area contributed by atoms with Gasteiger partial charge >= 0.3 is 0 Å². The van der Waals surface area contributed by atoms with Gasteiger partial charge in [-0.1, -0.05) is 11.6 Å². The summed E-state index contributed by atoms with van der Waals surface area (Å²) in [6.45, 7) is 5.61. The van der Waals surface area contributed by atoms with Crippen LogP contribution in [0, 0.1) is 16.7 Å². The van der Waals surface area contributed by atoms with Crippen molar-refractivity contribution in [2.45, 2.75) is 32.6 Å². The Hall–Kier alpha value is -1.53. The van der Waals surface area contributed by atoms with Crippen molar-refractivity contribution in [1.29, 1.82) is 5.26 Å². The van der Waals surface area contributed by atoms with Crippen molar-refractivity contribution in [3.63, 3.8) is 0 Å². The summed E-state index contributed by atoms with van der Waals surface area (Å²) in [4.78, 5) is 14.2. The molecule has 3 nitrogen and oxygen atoms in total. The van der Waals surface area contributed by atoms with Gasteiger partial charge in [-0.2, -0.15) is 5.26 Å². The van der Waals surface area contributed by atoms with E-state index in [2.05, 4.69) is 6.07 Å². The number of carbonyl (C=O) groups excluding carboxylic acids is 1. The third-order valence-electron chi connectivity index (χ3n) is 3.79. The number of rotatable bonds is 2. The zero-order chi connectivity index (χ0) is 14.4. The quantitative estimate of drug-likeness (QED) is 0.830. The topological polar surface area (TPSA) is 44.1 Å². The minimum atomic E-state index is -0.686. The average Bonchev–Trinajstić information content (AvgIpc) is 2.51. The molecule has 0 unspecified atom stereocenters. The van der Waals surface area contributed by atoms with Crippen LogP contribution in [0.5, 0.6) is 0 Å². The predicted molar refractivity (Wildman–Crippen MR) is 76.2 cm³/mol. The molecule has 0 N–H and O–H groups in total. The van der Waals surface area contributed by atoms with Crippen LogP contribution in [-0.4, -0.2) is 13.0 Å². The lowest BCUT2D eigenvalue weighted by atomic mass is 9.71. The Balaban J connectivity index is 2.57. The Kier molecular flexibility index (Phi) is 3.10. The van der Waals surface area contributed by atoms with Crippen molar-refractivity contribution in [2.75, 3.05) is 11.9 Å². The monoisotopic (exact) mass is 276 g/mol. The molecule has 0 aliphatic carbocycles. The molecule has 0 saturated heterocycles. The van der Waals surface area contributed by atoms with Gasteiger partial charge in [0.1, 0.15) is 0 Å². The summed E-state index contributed by atoms with van der Waals surface area (Å²) < 4.78 is 0. The molecular formula is C15H17ClN2O. The molecule has 1 amide bonds. The van der Waals surface area contributed by atoms with Gasteiger partial charge in [0, 0.05) is 17.8 Å². The van der Waals surface area contributed by atoms with Crippen molar-refractivity contribution < 1.29 is 4.79 Å². The molecule has 1 aromatic carbocycles. The number of hydrogen-bond donors (Lipinski definition) is 0. The van der Waals surface area contributed by atoms with Crippen molar-refractivity contribution in [1.82, 2.24) is 0 Å². The van der Waals surface area contributed by atoms with Crippen LogP contribution in [0.1, 0.15) is 32.8 Å². The molecule has 1 atom stereocenters. The lowest BCUT2D eigenvalue weighted by Crippen LogP contribution is -2.39. The minimum Gasteiger partial charge on any atom is -0.314 e. The van der Waals surface area contributed by atoms with Crippen molar-refractivity contribution >= 4 is 23.2 Å². The molecular weight excluding hydrogens is 260 g/mol. The number of halogens is 1. The van der Waals surface area contributed by atoms with Gasteiger partial charge in [-0.05, 0) is 51.0 Å². The minimum absolute atomic E-state index is 0.0214. The normalized spacial score (nSPS) is 22.3. The van der Waals surface area contributed by atoms with Crippen LogP contribution >= 0.6 is 11.6 Å². The van der Waals surface area contributed by atoms with Crippen LogP contribution in [-0.2, 0) is 10.2 Å². The van der Waals surface area contributed by atoms with Gasteiger partial charge in [-0.3, -0.25) is 4.79 Å². The van der Waals surface area contributed by atoms with E-state index in [-0.39, 0.29) is 5.91 Å². The molecule has 0 radical (unpaired) electrons. The van der Waals surface area contributed by atoms with Crippen LogP contribution in [0.2, 0.25) is 5.02 Å². The van der Waals surface area contributed by atoms with Gasteiger partial charge in [0.15, 0.2) is 0 Å². The first kappa shape index (κ1) is 13.9. The maximum absolute atomic E-state index is 12.6. The second-order valence-corrected chi connectivity index (χ2v) is 6.47. The van der Waals surface area contributed by atoms with Crippen LogP contribution in [0.25, 0.3) is 0 Å². The molecule has 1 aliphatic heterocycles. The number of anilines is 1. The molecule has 100 valence electrons. The molecule has 0 spiro atoms. The zero-order valence-corrected chi connectivity index (χ0v) is 12.4. The summed E-state index contributed by atoms with van der Waals surface area (Å²) in [5, 5.41) is 9.84. The molecule has 0 bridgehead atoms. The first-order chi connectivity index (χ1) is 8.71. The molecule has 19 heavy (non-hydrogen) atoms. The number of hydrogen-bond acceptors (Lipinski definition) is 2. The van der Waals surface area contributed by atoms with E-state index in [1.54, 1.807) is 18.0 Å². The largest absolute Gasteiger partial charge is 0.314 e. The van der Waals surface area contributed by atoms with Gasteiger partial charge in [0.2, 0.25) is 5.91 Å². The molecule has 1 heterocycles. The van der Waals surface area contributed by atoms with Crippen LogP contribution in [0.15, 0.2) is 18.2 Å². The number of nitrogens with zero attached hydrogens (tertiary/aromatic N) is 2. The number of carbonyl (C=O) groups is 1. The maximum Gasteiger partial charge on any atom is 0.237 e. The van der Waals surface area contributed by atoms with E-state index in [1.165, 1.54) is 0 Å². The predicted octanol–water partition coefficient (Wildman–Crippen LogP) is 3.51. The van der Waals surface area contributed by atoms with Crippen molar-refractivity contribution in [3.05, 3.63) is 28.8 Å². The molecule has 1 aliphatic rings. The Morgan fingerprint density at radius 2 is 2.11 bits per heavy atom. The highest BCUT2D eigenvalue weighted by Gasteiger charge is 2.48. The van der Waals surface area contributed by atoms with Crippen LogP contribution in [0.3, 0.4) is 0 Å². The highest BCUT2D eigenvalue weighted by atomic mass is 35.5. The summed E-state index contributed by atoms with van der Waals surface area (Å²) in [6.07, 6.45) is 0.479. The standard InChI is InChI=1S/C15H17ClN2O/c1-14(2,9-17)8-15(3)11-7-10(16)5-6-12(11)18(4)13(15)19/h5-7H,8H2,1-4H3/t15-/m0/s1. The van der Waals surface area contributed by atoms with E-state index >= 15 is 0 Å². The highest BCUT2D eigenvalue weighted by Crippen LogP contribution is 2.47. The zero-order valence-electron chi connectivity index (χ0n) is 11.6. The smallest absolute Gasteiger partial charge is 0.237 e. The molecule has 4 heteroatoms. The summed E-state index contributed by atoms with van der Waals surface area (Å²) in [6, 6.07) is 7.75. The third-order valence-corrected chi connectivity index (χ3v) is 4.02. The van der Waals surface area contributed by atoms with Crippen LogP contribution in [0.4, 0.5) is 5.69 Å². The second kappa shape index (κ2) is 4.25. The lowest BCUT2D eigenvalue weighted by Gasteiger charge is -2.29. The molecule has 2 rings (SSSR count). The number of nitriles is 1. The van der Waals surface area contributed by atoms with Gasteiger partial charge in [-0.15, -0.1) is 0 Å². The summed E-state index contributed by atoms with van der Waals surface area (Å²) in [5.41, 5.74) is 0.546. The number of amides is 1. The fraction of sp³-hybridized carbons (Fsp3) is 0.467. The lowest BCUT2D eigenvalue weighted by molar-refractivity contribution is -0.123. The number of fused-ring (bicyclic) bond motifs is 1. The molecule has 1 aromatic rings. The molecule has 0 aromatic heterocycles. The fourth-order valence-electron chi connectivity index (χ4n) is 2.93. The van der Waals surface area contributed by atoms with Crippen LogP contribution < -0.4 is 4.90 Å². The van der Waals surface area contributed by atoms with Gasteiger partial charge in [0.05, 0.1) is 16.9 Å². The fourth-order valence-corrected chi connectivity index (χ4v) is 3.10. The third kappa shape index (κ3) is 2.11. The van der Waals surface area contributed by atoms with E-state index in [9.17, 15) is 10.1 Å². The summed E-state index contributed by atoms with van der Waals surface area (Å²) in [5.74, 6) is 0.0214. The van der Waals surface area contributed by atoms with Gasteiger partial charge in [-0.25, -0.2) is 0 Å². The summed E-state index contributed by atoms with van der Waals surface area (Å²) in [7, 11) is 1.76. The maximum atomic E-state index is 12.6. The first-order valence-electron chi connectivity index (χ1n) is 6.21. The van der Waals surface area contributed by atoms with Gasteiger partial charge in [0.25, 0.3) is 0 Å². The Labute approximate surface area is 118 Å². The van der Waals surface area contributed by atoms with E-state index in [0.717, 1.165) is 11.3 Å². The first-order valence-corrected chi connectivity index (χ1v) is 6.58. The van der Waals surface area contributed by atoms with Crippen molar-refractivity contribution in [2.24, 2.45) is 5.41 Å².